The van der Waals surface area contributed by atoms with Crippen molar-refractivity contribution in [2.24, 2.45) is 0 Å². The first-order valence-corrected chi connectivity index (χ1v) is 9.27. The van der Waals surface area contributed by atoms with Gasteiger partial charge in [0.25, 0.3) is 0 Å². The first kappa shape index (κ1) is 16.5. The first-order chi connectivity index (χ1) is 13.6. The second-order valence-electron chi connectivity index (χ2n) is 7.13. The highest BCUT2D eigenvalue weighted by Gasteiger charge is 2.13. The highest BCUT2D eigenvalue weighted by Crippen LogP contribution is 2.38. The zero-order valence-electron chi connectivity index (χ0n) is 15.5. The number of rotatable bonds is 2. The minimum Gasteiger partial charge on any atom is -0.423 e. The summed E-state index contributed by atoms with van der Waals surface area (Å²) >= 11 is 0. The lowest BCUT2D eigenvalue weighted by molar-refractivity contribution is -0.129. The standard InChI is InChI=1S/C26H18O2/c1-16(2)26(27)28-24-9-5-7-18-11-13-22-21-12-10-17-6-3-4-8-19(17)20(21)14-15-23(22)25(18)24/h3-15H,1H2,2H3. The van der Waals surface area contributed by atoms with Crippen molar-refractivity contribution in [3.05, 3.63) is 91.0 Å². The number of hydrogen-bond donors (Lipinski definition) is 0. The van der Waals surface area contributed by atoms with Crippen molar-refractivity contribution in [2.75, 3.05) is 0 Å². The highest BCUT2D eigenvalue weighted by atomic mass is 16.5. The number of carbonyl (C=O) groups is 1. The predicted molar refractivity (Wildman–Crippen MR) is 117 cm³/mol. The molecule has 0 N–H and O–H groups in total. The molecule has 0 saturated carbocycles. The molecule has 0 unspecified atom stereocenters. The van der Waals surface area contributed by atoms with Gasteiger partial charge in [-0.25, -0.2) is 4.79 Å². The van der Waals surface area contributed by atoms with Crippen LogP contribution < -0.4 is 4.74 Å². The van der Waals surface area contributed by atoms with Gasteiger partial charge in [-0.05, 0) is 50.7 Å². The lowest BCUT2D eigenvalue weighted by Crippen LogP contribution is -2.08. The third-order valence-corrected chi connectivity index (χ3v) is 5.28. The topological polar surface area (TPSA) is 26.3 Å². The van der Waals surface area contributed by atoms with Crippen LogP contribution in [0.4, 0.5) is 0 Å². The van der Waals surface area contributed by atoms with Gasteiger partial charge >= 0.3 is 5.97 Å². The van der Waals surface area contributed by atoms with Crippen LogP contribution in [0.5, 0.6) is 5.75 Å². The minimum absolute atomic E-state index is 0.383. The van der Waals surface area contributed by atoms with Crippen LogP contribution >= 0.6 is 0 Å². The van der Waals surface area contributed by atoms with E-state index in [9.17, 15) is 4.79 Å². The zero-order valence-corrected chi connectivity index (χ0v) is 15.5. The maximum Gasteiger partial charge on any atom is 0.338 e. The van der Waals surface area contributed by atoms with Crippen LogP contribution in [-0.4, -0.2) is 5.97 Å². The second-order valence-corrected chi connectivity index (χ2v) is 7.13. The van der Waals surface area contributed by atoms with Gasteiger partial charge in [0.1, 0.15) is 5.75 Å². The molecule has 0 aromatic heterocycles. The van der Waals surface area contributed by atoms with E-state index in [1.165, 1.54) is 21.5 Å². The summed E-state index contributed by atoms with van der Waals surface area (Å²) in [6, 6.07) is 27.1. The van der Waals surface area contributed by atoms with E-state index in [2.05, 4.69) is 67.2 Å². The summed E-state index contributed by atoms with van der Waals surface area (Å²) in [6.07, 6.45) is 0. The SMILES string of the molecule is C=C(C)C(=O)Oc1cccc2ccc3c4ccc5ccccc5c4ccc3c12. The summed E-state index contributed by atoms with van der Waals surface area (Å²) in [5, 5.41) is 9.10. The van der Waals surface area contributed by atoms with Crippen molar-refractivity contribution in [2.45, 2.75) is 6.92 Å². The number of ether oxygens (including phenoxy) is 1. The van der Waals surface area contributed by atoms with Gasteiger partial charge in [-0.2, -0.15) is 0 Å². The average Bonchev–Trinajstić information content (AvgIpc) is 2.72. The molecule has 0 spiro atoms. The monoisotopic (exact) mass is 362 g/mol. The maximum atomic E-state index is 12.1. The Hall–Kier alpha value is -3.65. The Balaban J connectivity index is 1.87. The van der Waals surface area contributed by atoms with E-state index in [-0.39, 0.29) is 0 Å². The van der Waals surface area contributed by atoms with E-state index in [1.807, 2.05) is 18.2 Å². The number of benzene rings is 5. The molecular weight excluding hydrogens is 344 g/mol. The fourth-order valence-corrected chi connectivity index (χ4v) is 3.93. The van der Waals surface area contributed by atoms with Crippen LogP contribution in [0.15, 0.2) is 91.0 Å². The molecule has 2 nitrogen and oxygen atoms in total. The zero-order chi connectivity index (χ0) is 19.3. The summed E-state index contributed by atoms with van der Waals surface area (Å²) in [7, 11) is 0. The molecule has 2 heteroatoms. The van der Waals surface area contributed by atoms with Crippen molar-refractivity contribution in [3.8, 4) is 5.75 Å². The van der Waals surface area contributed by atoms with Crippen LogP contribution in [0.1, 0.15) is 6.92 Å². The molecule has 0 heterocycles. The smallest absolute Gasteiger partial charge is 0.338 e. The van der Waals surface area contributed by atoms with E-state index in [4.69, 9.17) is 4.74 Å². The van der Waals surface area contributed by atoms with Gasteiger partial charge in [-0.3, -0.25) is 0 Å². The number of esters is 1. The Morgan fingerprint density at radius 3 is 2.11 bits per heavy atom. The molecule has 0 bridgehead atoms. The number of fused-ring (bicyclic) bond motifs is 7. The Labute approximate surface area is 162 Å². The van der Waals surface area contributed by atoms with E-state index < -0.39 is 5.97 Å². The highest BCUT2D eigenvalue weighted by molar-refractivity contribution is 6.23. The molecule has 134 valence electrons. The van der Waals surface area contributed by atoms with E-state index >= 15 is 0 Å². The van der Waals surface area contributed by atoms with Crippen molar-refractivity contribution in [1.82, 2.24) is 0 Å². The normalized spacial score (nSPS) is 11.3. The quantitative estimate of drug-likeness (QED) is 0.150. The summed E-state index contributed by atoms with van der Waals surface area (Å²) in [6.45, 7) is 5.35. The predicted octanol–water partition coefficient (Wildman–Crippen LogP) is 6.78. The maximum absolute atomic E-state index is 12.1. The second kappa shape index (κ2) is 6.21. The van der Waals surface area contributed by atoms with Gasteiger partial charge in [-0.15, -0.1) is 0 Å². The Bertz CT molecular complexity index is 1430. The molecule has 0 saturated heterocycles. The van der Waals surface area contributed by atoms with E-state index in [1.54, 1.807) is 6.92 Å². The van der Waals surface area contributed by atoms with Crippen LogP contribution in [-0.2, 0) is 4.79 Å². The van der Waals surface area contributed by atoms with Gasteiger partial charge < -0.3 is 4.74 Å². The fourth-order valence-electron chi connectivity index (χ4n) is 3.93. The van der Waals surface area contributed by atoms with Gasteiger partial charge in [0, 0.05) is 11.0 Å². The molecule has 0 aliphatic carbocycles. The Kier molecular flexibility index (Phi) is 3.66. The fraction of sp³-hybridized carbons (Fsp3) is 0.0385. The lowest BCUT2D eigenvalue weighted by atomic mass is 9.94. The molecule has 0 radical (unpaired) electrons. The van der Waals surface area contributed by atoms with Crippen molar-refractivity contribution >= 4 is 49.1 Å². The lowest BCUT2D eigenvalue weighted by Gasteiger charge is -2.13. The molecule has 0 atom stereocenters. The molecular formula is C26H18O2. The Morgan fingerprint density at radius 1 is 0.679 bits per heavy atom. The van der Waals surface area contributed by atoms with Crippen LogP contribution in [0.3, 0.4) is 0 Å². The largest absolute Gasteiger partial charge is 0.423 e. The third kappa shape index (κ3) is 2.46. The minimum atomic E-state index is -0.406. The van der Waals surface area contributed by atoms with E-state index in [0.29, 0.717) is 11.3 Å². The summed E-state index contributed by atoms with van der Waals surface area (Å²) < 4.78 is 5.64. The molecule has 0 fully saturated rings. The number of hydrogen-bond acceptors (Lipinski definition) is 2. The van der Waals surface area contributed by atoms with Gasteiger partial charge in [0.15, 0.2) is 0 Å². The van der Waals surface area contributed by atoms with Gasteiger partial charge in [0.05, 0.1) is 0 Å². The average molecular weight is 362 g/mol. The molecule has 5 aromatic rings. The van der Waals surface area contributed by atoms with E-state index in [0.717, 1.165) is 21.5 Å². The molecule has 0 aliphatic rings. The molecule has 28 heavy (non-hydrogen) atoms. The van der Waals surface area contributed by atoms with Crippen molar-refractivity contribution in [3.63, 3.8) is 0 Å². The number of carbonyl (C=O) groups excluding carboxylic acids is 1. The van der Waals surface area contributed by atoms with Crippen molar-refractivity contribution < 1.29 is 9.53 Å². The summed E-state index contributed by atoms with van der Waals surface area (Å²) in [5.41, 5.74) is 0.383. The van der Waals surface area contributed by atoms with Gasteiger partial charge in [0.2, 0.25) is 0 Å². The summed E-state index contributed by atoms with van der Waals surface area (Å²) in [5.74, 6) is 0.160. The van der Waals surface area contributed by atoms with Crippen molar-refractivity contribution in [1.29, 1.82) is 0 Å². The Morgan fingerprint density at radius 2 is 1.29 bits per heavy atom. The van der Waals surface area contributed by atoms with Crippen LogP contribution in [0.25, 0.3) is 43.1 Å². The molecule has 0 aliphatic heterocycles. The molecule has 5 aromatic carbocycles. The van der Waals surface area contributed by atoms with Gasteiger partial charge in [-0.1, -0.05) is 79.4 Å². The third-order valence-electron chi connectivity index (χ3n) is 5.28. The molecule has 5 rings (SSSR count). The molecule has 0 amide bonds. The first-order valence-electron chi connectivity index (χ1n) is 9.27. The van der Waals surface area contributed by atoms with Crippen LogP contribution in [0, 0.1) is 0 Å². The summed E-state index contributed by atoms with van der Waals surface area (Å²) in [4.78, 5) is 12.1. The van der Waals surface area contributed by atoms with Crippen LogP contribution in [0.2, 0.25) is 0 Å².